The van der Waals surface area contributed by atoms with Crippen LogP contribution in [0.15, 0.2) is 30.5 Å². The van der Waals surface area contributed by atoms with E-state index < -0.39 is 10.0 Å². The molecule has 0 amide bonds. The standard InChI is InChI=1S/C13H13N3O2S2/c1-10-15-7-13(19-10)8-16-20(17,18)9-12-4-2-3-11(5-12)6-14/h2-5,7,16H,8-9H2,1H3. The van der Waals surface area contributed by atoms with Crippen molar-refractivity contribution >= 4 is 21.4 Å². The second-order valence-electron chi connectivity index (χ2n) is 4.24. The number of rotatable bonds is 5. The van der Waals surface area contributed by atoms with Gasteiger partial charge in [-0.3, -0.25) is 0 Å². The molecule has 0 atom stereocenters. The third-order valence-electron chi connectivity index (χ3n) is 2.55. The first-order chi connectivity index (χ1) is 9.48. The summed E-state index contributed by atoms with van der Waals surface area (Å²) in [5, 5.41) is 9.70. The lowest BCUT2D eigenvalue weighted by Gasteiger charge is -2.05. The summed E-state index contributed by atoms with van der Waals surface area (Å²) in [4.78, 5) is 4.94. The molecule has 1 aromatic heterocycles. The Kier molecular flexibility index (Phi) is 4.49. The first-order valence-electron chi connectivity index (χ1n) is 5.86. The maximum atomic E-state index is 12.0. The van der Waals surface area contributed by atoms with Gasteiger partial charge in [-0.2, -0.15) is 5.26 Å². The van der Waals surface area contributed by atoms with Gasteiger partial charge in [0.05, 0.1) is 22.4 Å². The number of nitrogens with one attached hydrogen (secondary N) is 1. The van der Waals surface area contributed by atoms with Crippen LogP contribution in [0.5, 0.6) is 0 Å². The van der Waals surface area contributed by atoms with Crippen molar-refractivity contribution in [3.63, 3.8) is 0 Å². The molecule has 0 aliphatic heterocycles. The fourth-order valence-corrected chi connectivity index (χ4v) is 3.59. The van der Waals surface area contributed by atoms with Crippen LogP contribution in [0.25, 0.3) is 0 Å². The van der Waals surface area contributed by atoms with E-state index in [0.29, 0.717) is 11.1 Å². The van der Waals surface area contributed by atoms with Crippen LogP contribution in [0.1, 0.15) is 21.0 Å². The minimum absolute atomic E-state index is 0.139. The van der Waals surface area contributed by atoms with E-state index in [0.717, 1.165) is 9.88 Å². The summed E-state index contributed by atoms with van der Waals surface area (Å²) in [5.74, 6) is -0.139. The SMILES string of the molecule is Cc1ncc(CNS(=O)(=O)Cc2cccc(C#N)c2)s1. The van der Waals surface area contributed by atoms with Crippen molar-refractivity contribution in [3.8, 4) is 6.07 Å². The maximum Gasteiger partial charge on any atom is 0.216 e. The van der Waals surface area contributed by atoms with E-state index in [1.54, 1.807) is 30.5 Å². The van der Waals surface area contributed by atoms with E-state index in [1.807, 2.05) is 13.0 Å². The van der Waals surface area contributed by atoms with Gasteiger partial charge in [0.2, 0.25) is 10.0 Å². The van der Waals surface area contributed by atoms with Crippen LogP contribution in [-0.4, -0.2) is 13.4 Å². The summed E-state index contributed by atoms with van der Waals surface area (Å²) in [6.45, 7) is 2.11. The zero-order chi connectivity index (χ0) is 14.6. The van der Waals surface area contributed by atoms with Crippen LogP contribution in [0, 0.1) is 18.3 Å². The van der Waals surface area contributed by atoms with Gasteiger partial charge in [0, 0.05) is 17.6 Å². The molecule has 0 bridgehead atoms. The van der Waals surface area contributed by atoms with Crippen molar-refractivity contribution in [2.75, 3.05) is 0 Å². The molecule has 0 unspecified atom stereocenters. The van der Waals surface area contributed by atoms with Crippen LogP contribution in [0.2, 0.25) is 0 Å². The lowest BCUT2D eigenvalue weighted by atomic mass is 10.2. The topological polar surface area (TPSA) is 82.8 Å². The Morgan fingerprint density at radius 1 is 1.45 bits per heavy atom. The van der Waals surface area contributed by atoms with Crippen molar-refractivity contribution < 1.29 is 8.42 Å². The Hall–Kier alpha value is -1.75. The van der Waals surface area contributed by atoms with Crippen LogP contribution < -0.4 is 4.72 Å². The fourth-order valence-electron chi connectivity index (χ4n) is 1.67. The van der Waals surface area contributed by atoms with Gasteiger partial charge in [0.1, 0.15) is 0 Å². The van der Waals surface area contributed by atoms with Crippen LogP contribution in [0.4, 0.5) is 0 Å². The smallest absolute Gasteiger partial charge is 0.216 e. The molecule has 1 aromatic carbocycles. The molecule has 0 aliphatic rings. The van der Waals surface area contributed by atoms with Crippen LogP contribution in [-0.2, 0) is 22.3 Å². The quantitative estimate of drug-likeness (QED) is 0.915. The average molecular weight is 307 g/mol. The zero-order valence-electron chi connectivity index (χ0n) is 10.8. The van der Waals surface area contributed by atoms with Crippen LogP contribution in [0.3, 0.4) is 0 Å². The molecule has 7 heteroatoms. The molecular formula is C13H13N3O2S2. The first kappa shape index (κ1) is 14.7. The maximum absolute atomic E-state index is 12.0. The molecule has 20 heavy (non-hydrogen) atoms. The Bertz CT molecular complexity index is 745. The van der Waals surface area contributed by atoms with Gasteiger partial charge in [0.15, 0.2) is 0 Å². The molecular weight excluding hydrogens is 294 g/mol. The minimum atomic E-state index is -3.43. The highest BCUT2D eigenvalue weighted by Crippen LogP contribution is 2.12. The lowest BCUT2D eigenvalue weighted by Crippen LogP contribution is -2.24. The van der Waals surface area contributed by atoms with E-state index >= 15 is 0 Å². The normalized spacial score (nSPS) is 11.2. The number of thiazole rings is 1. The second-order valence-corrected chi connectivity index (χ2v) is 7.36. The molecule has 0 radical (unpaired) electrons. The van der Waals surface area contributed by atoms with Gasteiger partial charge >= 0.3 is 0 Å². The van der Waals surface area contributed by atoms with Crippen molar-refractivity contribution in [2.24, 2.45) is 0 Å². The number of aromatic nitrogens is 1. The van der Waals surface area contributed by atoms with Crippen LogP contribution >= 0.6 is 11.3 Å². The largest absolute Gasteiger partial charge is 0.250 e. The summed E-state index contributed by atoms with van der Waals surface area (Å²) in [6.07, 6.45) is 1.67. The van der Waals surface area contributed by atoms with E-state index in [2.05, 4.69) is 9.71 Å². The molecule has 0 saturated carbocycles. The van der Waals surface area contributed by atoms with Crippen molar-refractivity contribution in [1.29, 1.82) is 5.26 Å². The van der Waals surface area contributed by atoms with E-state index in [4.69, 9.17) is 5.26 Å². The number of hydrogen-bond donors (Lipinski definition) is 1. The Balaban J connectivity index is 2.02. The average Bonchev–Trinajstić information content (AvgIpc) is 2.82. The predicted molar refractivity (Wildman–Crippen MR) is 77.5 cm³/mol. The molecule has 0 saturated heterocycles. The Morgan fingerprint density at radius 2 is 2.25 bits per heavy atom. The van der Waals surface area contributed by atoms with E-state index in [9.17, 15) is 8.42 Å². The zero-order valence-corrected chi connectivity index (χ0v) is 12.5. The van der Waals surface area contributed by atoms with Crippen molar-refractivity contribution in [3.05, 3.63) is 51.5 Å². The first-order valence-corrected chi connectivity index (χ1v) is 8.33. The number of nitrogens with zero attached hydrogens (tertiary/aromatic N) is 2. The monoisotopic (exact) mass is 307 g/mol. The van der Waals surface area contributed by atoms with Gasteiger partial charge in [-0.1, -0.05) is 12.1 Å². The number of benzene rings is 1. The Morgan fingerprint density at radius 3 is 2.90 bits per heavy atom. The second kappa shape index (κ2) is 6.13. The highest BCUT2D eigenvalue weighted by Gasteiger charge is 2.12. The summed E-state index contributed by atoms with van der Waals surface area (Å²) in [6, 6.07) is 8.58. The third kappa shape index (κ3) is 4.13. The third-order valence-corrected chi connectivity index (χ3v) is 4.76. The van der Waals surface area contributed by atoms with Crippen molar-refractivity contribution in [2.45, 2.75) is 19.2 Å². The highest BCUT2D eigenvalue weighted by molar-refractivity contribution is 7.88. The highest BCUT2D eigenvalue weighted by atomic mass is 32.2. The summed E-state index contributed by atoms with van der Waals surface area (Å²) < 4.78 is 26.5. The minimum Gasteiger partial charge on any atom is -0.250 e. The summed E-state index contributed by atoms with van der Waals surface area (Å²) in [7, 11) is -3.43. The number of aryl methyl sites for hydroxylation is 1. The lowest BCUT2D eigenvalue weighted by molar-refractivity contribution is 0.581. The predicted octanol–water partition coefficient (Wildman–Crippen LogP) is 1.94. The van der Waals surface area contributed by atoms with E-state index in [-0.39, 0.29) is 12.3 Å². The molecule has 104 valence electrons. The Labute approximate surface area is 122 Å². The van der Waals surface area contributed by atoms with Gasteiger partial charge in [-0.15, -0.1) is 11.3 Å². The molecule has 0 aliphatic carbocycles. The molecule has 2 aromatic rings. The molecule has 0 spiro atoms. The van der Waals surface area contributed by atoms with Gasteiger partial charge in [0.25, 0.3) is 0 Å². The number of sulfonamides is 1. The molecule has 0 fully saturated rings. The van der Waals surface area contributed by atoms with Gasteiger partial charge in [-0.05, 0) is 24.6 Å². The number of hydrogen-bond acceptors (Lipinski definition) is 5. The molecule has 5 nitrogen and oxygen atoms in total. The van der Waals surface area contributed by atoms with E-state index in [1.165, 1.54) is 11.3 Å². The van der Waals surface area contributed by atoms with Crippen molar-refractivity contribution in [1.82, 2.24) is 9.71 Å². The van der Waals surface area contributed by atoms with Gasteiger partial charge < -0.3 is 0 Å². The molecule has 2 rings (SSSR count). The molecule has 1 heterocycles. The fraction of sp³-hybridized carbons (Fsp3) is 0.231. The summed E-state index contributed by atoms with van der Waals surface area (Å²) in [5.41, 5.74) is 1.05. The summed E-state index contributed by atoms with van der Waals surface area (Å²) >= 11 is 1.46. The molecule has 1 N–H and O–H groups in total. The number of nitriles is 1. The van der Waals surface area contributed by atoms with Gasteiger partial charge in [-0.25, -0.2) is 18.1 Å².